The summed E-state index contributed by atoms with van der Waals surface area (Å²) in [4.78, 5) is 1.34. The summed E-state index contributed by atoms with van der Waals surface area (Å²) in [7, 11) is 0. The van der Waals surface area contributed by atoms with Crippen LogP contribution in [0, 0.1) is 0 Å². The van der Waals surface area contributed by atoms with E-state index >= 15 is 0 Å². The Morgan fingerprint density at radius 1 is 1.14 bits per heavy atom. The van der Waals surface area contributed by atoms with Crippen LogP contribution in [0.2, 0.25) is 0 Å². The van der Waals surface area contributed by atoms with Crippen LogP contribution in [0.5, 0.6) is 0 Å². The minimum Gasteiger partial charge on any atom is -0.421 e. The molecule has 21 heavy (non-hydrogen) atoms. The van der Waals surface area contributed by atoms with E-state index in [2.05, 4.69) is 40.0 Å². The van der Waals surface area contributed by atoms with Crippen LogP contribution in [0.15, 0.2) is 52.3 Å². The summed E-state index contributed by atoms with van der Waals surface area (Å²) < 4.78 is 5.68. The van der Waals surface area contributed by atoms with Crippen molar-refractivity contribution in [2.75, 3.05) is 6.54 Å². The Bertz CT molecular complexity index is 664. The van der Waals surface area contributed by atoms with Crippen LogP contribution in [-0.2, 0) is 6.42 Å². The van der Waals surface area contributed by atoms with Crippen LogP contribution in [-0.4, -0.2) is 16.7 Å². The van der Waals surface area contributed by atoms with Crippen molar-refractivity contribution in [3.63, 3.8) is 0 Å². The fourth-order valence-electron chi connectivity index (χ4n) is 2.09. The van der Waals surface area contributed by atoms with E-state index in [1.165, 1.54) is 4.88 Å². The van der Waals surface area contributed by atoms with E-state index < -0.39 is 0 Å². The van der Waals surface area contributed by atoms with Crippen molar-refractivity contribution >= 4 is 11.3 Å². The SMILES string of the molecule is CC(NCCc1nnc(-c2ccccc2)o1)c1cccs1. The zero-order valence-corrected chi connectivity index (χ0v) is 12.6. The van der Waals surface area contributed by atoms with Crippen molar-refractivity contribution in [2.24, 2.45) is 0 Å². The molecule has 0 amide bonds. The van der Waals surface area contributed by atoms with Crippen molar-refractivity contribution in [2.45, 2.75) is 19.4 Å². The molecule has 0 aliphatic carbocycles. The fourth-order valence-corrected chi connectivity index (χ4v) is 2.84. The van der Waals surface area contributed by atoms with Crippen molar-refractivity contribution < 1.29 is 4.42 Å². The second-order valence-corrected chi connectivity index (χ2v) is 5.79. The first-order chi connectivity index (χ1) is 10.3. The van der Waals surface area contributed by atoms with Gasteiger partial charge in [0.25, 0.3) is 0 Å². The summed E-state index contributed by atoms with van der Waals surface area (Å²) in [5, 5.41) is 13.7. The molecule has 2 aromatic heterocycles. The molecule has 3 aromatic rings. The average Bonchev–Trinajstić information content (AvgIpc) is 3.20. The highest BCUT2D eigenvalue weighted by atomic mass is 32.1. The maximum atomic E-state index is 5.68. The summed E-state index contributed by atoms with van der Waals surface area (Å²) in [5.74, 6) is 1.25. The molecule has 0 radical (unpaired) electrons. The van der Waals surface area contributed by atoms with Crippen LogP contribution < -0.4 is 5.32 Å². The predicted molar refractivity (Wildman–Crippen MR) is 84.2 cm³/mol. The molecule has 3 rings (SSSR count). The highest BCUT2D eigenvalue weighted by Gasteiger charge is 2.09. The van der Waals surface area contributed by atoms with Gasteiger partial charge < -0.3 is 9.73 Å². The molecule has 0 aliphatic rings. The zero-order chi connectivity index (χ0) is 14.5. The molecule has 1 N–H and O–H groups in total. The third-order valence-electron chi connectivity index (χ3n) is 3.25. The lowest BCUT2D eigenvalue weighted by atomic mass is 10.2. The lowest BCUT2D eigenvalue weighted by Gasteiger charge is -2.10. The third-order valence-corrected chi connectivity index (χ3v) is 4.30. The van der Waals surface area contributed by atoms with E-state index in [-0.39, 0.29) is 0 Å². The molecule has 0 saturated heterocycles. The van der Waals surface area contributed by atoms with Gasteiger partial charge in [-0.2, -0.15) is 0 Å². The number of thiophene rings is 1. The monoisotopic (exact) mass is 299 g/mol. The molecule has 1 unspecified atom stereocenters. The van der Waals surface area contributed by atoms with E-state index in [4.69, 9.17) is 4.42 Å². The maximum Gasteiger partial charge on any atom is 0.247 e. The largest absolute Gasteiger partial charge is 0.421 e. The van der Waals surface area contributed by atoms with E-state index in [0.717, 1.165) is 18.5 Å². The topological polar surface area (TPSA) is 51.0 Å². The summed E-state index contributed by atoms with van der Waals surface area (Å²) in [6, 6.07) is 14.4. The molecule has 5 heteroatoms. The van der Waals surface area contributed by atoms with Crippen LogP contribution in [0.25, 0.3) is 11.5 Å². The molecular formula is C16H17N3OS. The number of benzene rings is 1. The lowest BCUT2D eigenvalue weighted by molar-refractivity contribution is 0.483. The highest BCUT2D eigenvalue weighted by Crippen LogP contribution is 2.19. The third kappa shape index (κ3) is 3.56. The van der Waals surface area contributed by atoms with Gasteiger partial charge in [0.1, 0.15) is 0 Å². The quantitative estimate of drug-likeness (QED) is 0.754. The smallest absolute Gasteiger partial charge is 0.247 e. The first-order valence-electron chi connectivity index (χ1n) is 6.97. The molecule has 1 atom stereocenters. The van der Waals surface area contributed by atoms with Crippen molar-refractivity contribution in [3.8, 4) is 11.5 Å². The second-order valence-electron chi connectivity index (χ2n) is 4.81. The number of nitrogens with zero attached hydrogens (tertiary/aromatic N) is 2. The number of hydrogen-bond acceptors (Lipinski definition) is 5. The van der Waals surface area contributed by atoms with Gasteiger partial charge >= 0.3 is 0 Å². The summed E-state index contributed by atoms with van der Waals surface area (Å²) in [6.07, 6.45) is 0.732. The number of aromatic nitrogens is 2. The second kappa shape index (κ2) is 6.65. The first-order valence-corrected chi connectivity index (χ1v) is 7.85. The molecule has 108 valence electrons. The number of hydrogen-bond donors (Lipinski definition) is 1. The first kappa shape index (κ1) is 14.0. The molecule has 0 bridgehead atoms. The standard InChI is InChI=1S/C16H17N3OS/c1-12(14-8-5-11-21-14)17-10-9-15-18-19-16(20-15)13-6-3-2-4-7-13/h2-8,11-12,17H,9-10H2,1H3. The van der Waals surface area contributed by atoms with Gasteiger partial charge in [0, 0.05) is 29.4 Å². The van der Waals surface area contributed by atoms with Crippen molar-refractivity contribution in [1.29, 1.82) is 0 Å². The lowest BCUT2D eigenvalue weighted by Crippen LogP contribution is -2.20. The van der Waals surface area contributed by atoms with Crippen LogP contribution >= 0.6 is 11.3 Å². The van der Waals surface area contributed by atoms with Gasteiger partial charge in [-0.05, 0) is 30.5 Å². The van der Waals surface area contributed by atoms with Gasteiger partial charge in [-0.1, -0.05) is 24.3 Å². The van der Waals surface area contributed by atoms with E-state index in [0.29, 0.717) is 17.8 Å². The maximum absolute atomic E-state index is 5.68. The number of nitrogens with one attached hydrogen (secondary N) is 1. The Kier molecular flexibility index (Phi) is 4.43. The normalized spacial score (nSPS) is 12.4. The Balaban J connectivity index is 1.54. The summed E-state index contributed by atoms with van der Waals surface area (Å²) in [5.41, 5.74) is 0.955. The fraction of sp³-hybridized carbons (Fsp3) is 0.250. The molecule has 0 spiro atoms. The predicted octanol–water partition coefficient (Wildman–Crippen LogP) is 3.69. The minimum atomic E-state index is 0.349. The molecule has 0 saturated carbocycles. The van der Waals surface area contributed by atoms with Crippen LogP contribution in [0.3, 0.4) is 0 Å². The van der Waals surface area contributed by atoms with Crippen LogP contribution in [0.1, 0.15) is 23.7 Å². The van der Waals surface area contributed by atoms with Gasteiger partial charge in [-0.15, -0.1) is 21.5 Å². The zero-order valence-electron chi connectivity index (χ0n) is 11.8. The van der Waals surface area contributed by atoms with E-state index in [1.807, 2.05) is 30.3 Å². The molecule has 4 nitrogen and oxygen atoms in total. The molecular weight excluding hydrogens is 282 g/mol. The van der Waals surface area contributed by atoms with Gasteiger partial charge in [-0.25, -0.2) is 0 Å². The van der Waals surface area contributed by atoms with Gasteiger partial charge in [-0.3, -0.25) is 0 Å². The molecule has 0 aliphatic heterocycles. The van der Waals surface area contributed by atoms with E-state index in [1.54, 1.807) is 11.3 Å². The van der Waals surface area contributed by atoms with Gasteiger partial charge in [0.15, 0.2) is 0 Å². The van der Waals surface area contributed by atoms with Crippen molar-refractivity contribution in [1.82, 2.24) is 15.5 Å². The van der Waals surface area contributed by atoms with Gasteiger partial charge in [0.05, 0.1) is 0 Å². The number of rotatable bonds is 6. The van der Waals surface area contributed by atoms with Crippen molar-refractivity contribution in [3.05, 3.63) is 58.6 Å². The Morgan fingerprint density at radius 3 is 2.76 bits per heavy atom. The average molecular weight is 299 g/mol. The molecule has 1 aromatic carbocycles. The molecule has 0 fully saturated rings. The summed E-state index contributed by atoms with van der Waals surface area (Å²) >= 11 is 1.76. The summed E-state index contributed by atoms with van der Waals surface area (Å²) in [6.45, 7) is 2.98. The Labute approximate surface area is 127 Å². The van der Waals surface area contributed by atoms with Gasteiger partial charge in [0.2, 0.25) is 11.8 Å². The Hall–Kier alpha value is -1.98. The van der Waals surface area contributed by atoms with Crippen LogP contribution in [0.4, 0.5) is 0 Å². The molecule has 2 heterocycles. The highest BCUT2D eigenvalue weighted by molar-refractivity contribution is 7.10. The Morgan fingerprint density at radius 2 is 2.00 bits per heavy atom. The van der Waals surface area contributed by atoms with E-state index in [9.17, 15) is 0 Å². The minimum absolute atomic E-state index is 0.349.